The molecule has 0 aliphatic rings. The molecule has 0 bridgehead atoms. The van der Waals surface area contributed by atoms with E-state index >= 15 is 0 Å². The van der Waals surface area contributed by atoms with Crippen LogP contribution in [0.15, 0.2) is 22.8 Å². The average molecular weight is 267 g/mol. The predicted octanol–water partition coefficient (Wildman–Crippen LogP) is 0.525. The van der Waals surface area contributed by atoms with E-state index in [1.807, 2.05) is 31.1 Å². The van der Waals surface area contributed by atoms with E-state index in [-0.39, 0.29) is 24.3 Å². The van der Waals surface area contributed by atoms with E-state index in [0.717, 1.165) is 5.76 Å². The molecule has 1 aromatic heterocycles. The lowest BCUT2D eigenvalue weighted by molar-refractivity contribution is -0.121. The number of likely N-dealkylation sites (N-methyl/N-ethyl adjacent to an activating group) is 1. The van der Waals surface area contributed by atoms with Crippen molar-refractivity contribution in [1.29, 1.82) is 0 Å². The van der Waals surface area contributed by atoms with Gasteiger partial charge in [-0.05, 0) is 26.2 Å². The molecule has 0 saturated carbocycles. The van der Waals surface area contributed by atoms with Gasteiger partial charge in [0.25, 0.3) is 0 Å². The van der Waals surface area contributed by atoms with E-state index in [0.29, 0.717) is 13.1 Å². The number of hydrogen-bond donors (Lipinski definition) is 2. The van der Waals surface area contributed by atoms with Crippen LogP contribution in [0.25, 0.3) is 0 Å². The Morgan fingerprint density at radius 2 is 2.11 bits per heavy atom. The Labute approximate surface area is 113 Å². The lowest BCUT2D eigenvalue weighted by atomic mass is 10.2. The van der Waals surface area contributed by atoms with Gasteiger partial charge in [0.15, 0.2) is 0 Å². The first-order valence-corrected chi connectivity index (χ1v) is 6.21. The third kappa shape index (κ3) is 5.56. The van der Waals surface area contributed by atoms with Crippen molar-refractivity contribution in [2.24, 2.45) is 0 Å². The molecule has 1 heterocycles. The molecule has 0 aromatic carbocycles. The summed E-state index contributed by atoms with van der Waals surface area (Å²) in [6.45, 7) is 2.25. The quantitative estimate of drug-likeness (QED) is 0.755. The van der Waals surface area contributed by atoms with Crippen molar-refractivity contribution in [2.45, 2.75) is 19.4 Å². The summed E-state index contributed by atoms with van der Waals surface area (Å²) >= 11 is 0. The monoisotopic (exact) mass is 267 g/mol. The summed E-state index contributed by atoms with van der Waals surface area (Å²) in [4.78, 5) is 24.3. The Morgan fingerprint density at radius 1 is 1.37 bits per heavy atom. The number of carbonyl (C=O) groups excluding carboxylic acids is 2. The third-order valence-electron chi connectivity index (χ3n) is 2.71. The first-order valence-electron chi connectivity index (χ1n) is 6.21. The summed E-state index contributed by atoms with van der Waals surface area (Å²) in [6, 6.07) is 3.71. The minimum Gasteiger partial charge on any atom is -0.468 e. The van der Waals surface area contributed by atoms with Gasteiger partial charge in [-0.2, -0.15) is 0 Å². The number of amides is 2. The van der Waals surface area contributed by atoms with Crippen LogP contribution < -0.4 is 10.6 Å². The largest absolute Gasteiger partial charge is 0.468 e. The van der Waals surface area contributed by atoms with Gasteiger partial charge in [0.05, 0.1) is 12.3 Å². The van der Waals surface area contributed by atoms with Crippen LogP contribution in [0.3, 0.4) is 0 Å². The molecule has 2 amide bonds. The number of furan rings is 1. The van der Waals surface area contributed by atoms with Crippen LogP contribution >= 0.6 is 0 Å². The summed E-state index contributed by atoms with van der Waals surface area (Å²) in [7, 11) is 3.85. The molecular weight excluding hydrogens is 246 g/mol. The van der Waals surface area contributed by atoms with Crippen molar-refractivity contribution in [3.05, 3.63) is 24.2 Å². The zero-order chi connectivity index (χ0) is 14.3. The first kappa shape index (κ1) is 15.2. The van der Waals surface area contributed by atoms with Crippen molar-refractivity contribution >= 4 is 11.8 Å². The van der Waals surface area contributed by atoms with Crippen molar-refractivity contribution in [2.75, 3.05) is 27.2 Å². The van der Waals surface area contributed by atoms with Crippen LogP contribution in [0.4, 0.5) is 0 Å². The van der Waals surface area contributed by atoms with Crippen LogP contribution in [-0.2, 0) is 9.59 Å². The normalized spacial score (nSPS) is 12.2. The summed E-state index contributed by atoms with van der Waals surface area (Å²) < 4.78 is 5.35. The second-order valence-corrected chi connectivity index (χ2v) is 4.53. The molecule has 1 atom stereocenters. The molecule has 0 radical (unpaired) electrons. The molecule has 1 rings (SSSR count). The van der Waals surface area contributed by atoms with E-state index in [1.165, 1.54) is 6.92 Å². The van der Waals surface area contributed by atoms with Gasteiger partial charge in [0.1, 0.15) is 5.76 Å². The lowest BCUT2D eigenvalue weighted by Crippen LogP contribution is -2.36. The van der Waals surface area contributed by atoms with Gasteiger partial charge in [-0.15, -0.1) is 0 Å². The average Bonchev–Trinajstić information content (AvgIpc) is 2.82. The van der Waals surface area contributed by atoms with E-state index in [2.05, 4.69) is 10.6 Å². The minimum atomic E-state index is -0.130. The molecule has 106 valence electrons. The van der Waals surface area contributed by atoms with Crippen molar-refractivity contribution in [3.63, 3.8) is 0 Å². The fourth-order valence-electron chi connectivity index (χ4n) is 1.67. The fraction of sp³-hybridized carbons (Fsp3) is 0.538. The van der Waals surface area contributed by atoms with Gasteiger partial charge in [0, 0.05) is 26.4 Å². The Morgan fingerprint density at radius 3 is 2.63 bits per heavy atom. The number of nitrogens with zero attached hydrogens (tertiary/aromatic N) is 1. The number of rotatable bonds is 7. The molecule has 6 heteroatoms. The van der Waals surface area contributed by atoms with Gasteiger partial charge >= 0.3 is 0 Å². The van der Waals surface area contributed by atoms with Crippen LogP contribution in [0.5, 0.6) is 0 Å². The molecule has 19 heavy (non-hydrogen) atoms. The first-order chi connectivity index (χ1) is 9.00. The molecular formula is C13H21N3O3. The smallest absolute Gasteiger partial charge is 0.221 e. The number of nitrogens with one attached hydrogen (secondary N) is 2. The maximum absolute atomic E-state index is 11.6. The summed E-state index contributed by atoms with van der Waals surface area (Å²) in [6.07, 6.45) is 1.89. The summed E-state index contributed by atoms with van der Waals surface area (Å²) in [5.74, 6) is 0.592. The Hall–Kier alpha value is -1.82. The van der Waals surface area contributed by atoms with Gasteiger partial charge in [0.2, 0.25) is 11.8 Å². The SMILES string of the molecule is CC(=O)NCCC(=O)NCC(c1ccco1)N(C)C. The second kappa shape index (κ2) is 7.58. The highest BCUT2D eigenvalue weighted by atomic mass is 16.3. The highest BCUT2D eigenvalue weighted by Gasteiger charge is 2.17. The minimum absolute atomic E-state index is 0.000263. The topological polar surface area (TPSA) is 74.6 Å². The highest BCUT2D eigenvalue weighted by Crippen LogP contribution is 2.17. The number of carbonyl (C=O) groups is 2. The van der Waals surface area contributed by atoms with Crippen LogP contribution in [0.1, 0.15) is 25.1 Å². The van der Waals surface area contributed by atoms with Gasteiger partial charge in [-0.25, -0.2) is 0 Å². The summed E-state index contributed by atoms with van der Waals surface area (Å²) in [5, 5.41) is 5.42. The molecule has 6 nitrogen and oxygen atoms in total. The summed E-state index contributed by atoms with van der Waals surface area (Å²) in [5.41, 5.74) is 0. The van der Waals surface area contributed by atoms with Crippen molar-refractivity contribution < 1.29 is 14.0 Å². The second-order valence-electron chi connectivity index (χ2n) is 4.53. The molecule has 2 N–H and O–H groups in total. The molecule has 0 spiro atoms. The van der Waals surface area contributed by atoms with Crippen molar-refractivity contribution in [3.8, 4) is 0 Å². The van der Waals surface area contributed by atoms with Gasteiger partial charge in [-0.3, -0.25) is 14.5 Å². The van der Waals surface area contributed by atoms with Gasteiger partial charge < -0.3 is 15.1 Å². The van der Waals surface area contributed by atoms with E-state index < -0.39 is 0 Å². The van der Waals surface area contributed by atoms with Crippen LogP contribution in [0, 0.1) is 0 Å². The van der Waals surface area contributed by atoms with Crippen molar-refractivity contribution in [1.82, 2.24) is 15.5 Å². The molecule has 0 saturated heterocycles. The fourth-order valence-corrected chi connectivity index (χ4v) is 1.67. The highest BCUT2D eigenvalue weighted by molar-refractivity contribution is 5.77. The maximum atomic E-state index is 11.6. The third-order valence-corrected chi connectivity index (χ3v) is 2.71. The maximum Gasteiger partial charge on any atom is 0.221 e. The molecule has 1 unspecified atom stereocenters. The van der Waals surface area contributed by atoms with Crippen LogP contribution in [-0.4, -0.2) is 43.9 Å². The van der Waals surface area contributed by atoms with E-state index in [4.69, 9.17) is 4.42 Å². The molecule has 1 aromatic rings. The van der Waals surface area contributed by atoms with E-state index in [1.54, 1.807) is 6.26 Å². The Balaban J connectivity index is 2.36. The predicted molar refractivity (Wildman–Crippen MR) is 71.4 cm³/mol. The van der Waals surface area contributed by atoms with Crippen LogP contribution in [0.2, 0.25) is 0 Å². The number of hydrogen-bond acceptors (Lipinski definition) is 4. The zero-order valence-electron chi connectivity index (χ0n) is 11.6. The lowest BCUT2D eigenvalue weighted by Gasteiger charge is -2.22. The molecule has 0 aliphatic heterocycles. The standard InChI is InChI=1S/C13H21N3O3/c1-10(17)14-7-6-13(18)15-9-11(16(2)3)12-5-4-8-19-12/h4-5,8,11H,6-7,9H2,1-3H3,(H,14,17)(H,15,18). The Bertz CT molecular complexity index is 401. The zero-order valence-corrected chi connectivity index (χ0v) is 11.6. The van der Waals surface area contributed by atoms with Gasteiger partial charge in [-0.1, -0.05) is 0 Å². The Kier molecular flexibility index (Phi) is 6.08. The molecule has 0 aliphatic carbocycles. The molecule has 0 fully saturated rings. The van der Waals surface area contributed by atoms with E-state index in [9.17, 15) is 9.59 Å².